The molecule has 0 aliphatic carbocycles. The van der Waals surface area contributed by atoms with Crippen molar-refractivity contribution >= 4 is 78.3 Å². The standard InChI is InChI=1S/C62H43NO2/c1-2-14-56(59-42-65-62-40-49-18-6-5-17-48(49)39-58(59)62)57-23-9-11-25-60(57)63(51-35-27-43(28-36-51)15-3-4-19-50-41-64-61-26-12-10-22-55(50)61)52-37-33-45(34-38-52)44-29-31-47(32-30-44)54-24-13-20-46-16-7-8-21-53(46)54/h2-42H,1H2/b15-3+,19-4-,56-14-. The van der Waals surface area contributed by atoms with Crippen LogP contribution < -0.4 is 4.90 Å². The molecule has 3 heteroatoms. The van der Waals surface area contributed by atoms with Gasteiger partial charge in [0.05, 0.1) is 18.2 Å². The number of hydrogen-bond acceptors (Lipinski definition) is 3. The number of fused-ring (bicyclic) bond motifs is 4. The zero-order chi connectivity index (χ0) is 43.5. The fourth-order valence-electron chi connectivity index (χ4n) is 9.00. The highest BCUT2D eigenvalue weighted by Gasteiger charge is 2.21. The number of benzene rings is 9. The van der Waals surface area contributed by atoms with E-state index in [-0.39, 0.29) is 0 Å². The van der Waals surface area contributed by atoms with Crippen molar-refractivity contribution in [3.63, 3.8) is 0 Å². The van der Waals surface area contributed by atoms with Gasteiger partial charge in [-0.25, -0.2) is 0 Å². The minimum atomic E-state index is 0.848. The van der Waals surface area contributed by atoms with Crippen molar-refractivity contribution in [3.8, 4) is 22.3 Å². The van der Waals surface area contributed by atoms with Gasteiger partial charge in [-0.3, -0.25) is 0 Å². The second-order valence-corrected chi connectivity index (χ2v) is 16.2. The summed E-state index contributed by atoms with van der Waals surface area (Å²) in [5.41, 5.74) is 14.8. The van der Waals surface area contributed by atoms with E-state index < -0.39 is 0 Å². The lowest BCUT2D eigenvalue weighted by Gasteiger charge is -2.28. The summed E-state index contributed by atoms with van der Waals surface area (Å²) in [5.74, 6) is 0. The maximum Gasteiger partial charge on any atom is 0.135 e. The molecule has 308 valence electrons. The molecule has 9 aromatic carbocycles. The zero-order valence-electron chi connectivity index (χ0n) is 35.6. The van der Waals surface area contributed by atoms with Gasteiger partial charge in [0, 0.05) is 38.8 Å². The SMILES string of the molecule is C=C/C=C(/c1ccccc1N(c1ccc(/C=C/C=C\c2coc3ccccc23)cc1)c1ccc(-c2ccc(-c3cccc4ccccc34)cc2)cc1)c1coc2cc3ccccc3cc12. The van der Waals surface area contributed by atoms with Crippen molar-refractivity contribution in [2.75, 3.05) is 4.90 Å². The zero-order valence-corrected chi connectivity index (χ0v) is 35.6. The molecule has 0 radical (unpaired) electrons. The normalized spacial score (nSPS) is 12.0. The number of nitrogens with zero attached hydrogens (tertiary/aromatic N) is 1. The third-order valence-electron chi connectivity index (χ3n) is 12.2. The number of allylic oxidation sites excluding steroid dienone is 4. The van der Waals surface area contributed by atoms with Crippen molar-refractivity contribution in [3.05, 3.63) is 266 Å². The molecule has 0 aliphatic rings. The van der Waals surface area contributed by atoms with E-state index in [9.17, 15) is 0 Å². The van der Waals surface area contributed by atoms with Crippen molar-refractivity contribution in [1.29, 1.82) is 0 Å². The fourth-order valence-corrected chi connectivity index (χ4v) is 9.00. The maximum atomic E-state index is 6.27. The molecular weight excluding hydrogens is 791 g/mol. The number of rotatable bonds is 11. The Morgan fingerprint density at radius 1 is 0.446 bits per heavy atom. The van der Waals surface area contributed by atoms with Crippen molar-refractivity contribution in [2.24, 2.45) is 0 Å². The van der Waals surface area contributed by atoms with Crippen LogP contribution in [-0.2, 0) is 0 Å². The van der Waals surface area contributed by atoms with Gasteiger partial charge in [0.1, 0.15) is 11.2 Å². The van der Waals surface area contributed by atoms with Gasteiger partial charge >= 0.3 is 0 Å². The lowest BCUT2D eigenvalue weighted by molar-refractivity contribution is 0.615. The molecule has 65 heavy (non-hydrogen) atoms. The molecule has 0 spiro atoms. The van der Waals surface area contributed by atoms with E-state index in [1.807, 2.05) is 30.5 Å². The highest BCUT2D eigenvalue weighted by molar-refractivity contribution is 6.05. The highest BCUT2D eigenvalue weighted by Crippen LogP contribution is 2.43. The van der Waals surface area contributed by atoms with Gasteiger partial charge in [0.2, 0.25) is 0 Å². The molecule has 0 bridgehead atoms. The summed E-state index contributed by atoms with van der Waals surface area (Å²) in [6.07, 6.45) is 16.0. The first-order valence-corrected chi connectivity index (χ1v) is 21.9. The summed E-state index contributed by atoms with van der Waals surface area (Å²) < 4.78 is 12.0. The summed E-state index contributed by atoms with van der Waals surface area (Å²) in [5, 5.41) is 6.97. The van der Waals surface area contributed by atoms with Gasteiger partial charge in [-0.05, 0) is 103 Å². The van der Waals surface area contributed by atoms with Crippen LogP contribution in [0.25, 0.3) is 83.5 Å². The smallest absolute Gasteiger partial charge is 0.135 e. The molecule has 11 aromatic rings. The molecule has 11 rings (SSSR count). The van der Waals surface area contributed by atoms with E-state index in [1.165, 1.54) is 27.3 Å². The quantitative estimate of drug-likeness (QED) is 0.122. The highest BCUT2D eigenvalue weighted by atomic mass is 16.3. The molecule has 3 nitrogen and oxygen atoms in total. The molecule has 0 atom stereocenters. The lowest BCUT2D eigenvalue weighted by atomic mass is 9.93. The lowest BCUT2D eigenvalue weighted by Crippen LogP contribution is -2.12. The van der Waals surface area contributed by atoms with E-state index in [2.05, 4.69) is 224 Å². The van der Waals surface area contributed by atoms with Gasteiger partial charge in [-0.2, -0.15) is 0 Å². The second kappa shape index (κ2) is 17.2. The minimum absolute atomic E-state index is 0.848. The van der Waals surface area contributed by atoms with Gasteiger partial charge in [0.15, 0.2) is 0 Å². The monoisotopic (exact) mass is 833 g/mol. The third kappa shape index (κ3) is 7.66. The first-order chi connectivity index (χ1) is 32.2. The van der Waals surface area contributed by atoms with Crippen molar-refractivity contribution in [1.82, 2.24) is 0 Å². The first-order valence-electron chi connectivity index (χ1n) is 21.9. The average Bonchev–Trinajstić information content (AvgIpc) is 3.98. The van der Waals surface area contributed by atoms with E-state index in [0.717, 1.165) is 83.3 Å². The molecule has 0 saturated heterocycles. The van der Waals surface area contributed by atoms with Crippen molar-refractivity contribution < 1.29 is 8.83 Å². The van der Waals surface area contributed by atoms with Crippen LogP contribution in [0, 0.1) is 0 Å². The van der Waals surface area contributed by atoms with E-state index in [1.54, 1.807) is 6.26 Å². The number of para-hydroxylation sites is 2. The van der Waals surface area contributed by atoms with Gasteiger partial charge in [0.25, 0.3) is 0 Å². The predicted molar refractivity (Wildman–Crippen MR) is 275 cm³/mol. The summed E-state index contributed by atoms with van der Waals surface area (Å²) >= 11 is 0. The van der Waals surface area contributed by atoms with E-state index >= 15 is 0 Å². The topological polar surface area (TPSA) is 29.5 Å². The van der Waals surface area contributed by atoms with Crippen LogP contribution in [-0.4, -0.2) is 0 Å². The Balaban J connectivity index is 0.961. The predicted octanol–water partition coefficient (Wildman–Crippen LogP) is 17.6. The summed E-state index contributed by atoms with van der Waals surface area (Å²) in [7, 11) is 0. The molecule has 0 unspecified atom stereocenters. The summed E-state index contributed by atoms with van der Waals surface area (Å²) in [6.45, 7) is 4.16. The first kappa shape index (κ1) is 39.2. The van der Waals surface area contributed by atoms with E-state index in [0.29, 0.717) is 0 Å². The molecule has 2 heterocycles. The Morgan fingerprint density at radius 3 is 1.83 bits per heavy atom. The van der Waals surface area contributed by atoms with Gasteiger partial charge < -0.3 is 13.7 Å². The third-order valence-corrected chi connectivity index (χ3v) is 12.2. The van der Waals surface area contributed by atoms with Gasteiger partial charge in [-0.1, -0.05) is 195 Å². The summed E-state index contributed by atoms with van der Waals surface area (Å²) in [4.78, 5) is 2.34. The Labute approximate surface area is 378 Å². The Kier molecular flexibility index (Phi) is 10.4. The van der Waals surface area contributed by atoms with Crippen LogP contribution in [0.3, 0.4) is 0 Å². The Bertz CT molecular complexity index is 3590. The fraction of sp³-hybridized carbons (Fsp3) is 0. The molecule has 0 saturated carbocycles. The minimum Gasteiger partial charge on any atom is -0.464 e. The number of furan rings is 2. The van der Waals surface area contributed by atoms with Crippen LogP contribution >= 0.6 is 0 Å². The number of anilines is 3. The molecule has 0 fully saturated rings. The maximum absolute atomic E-state index is 6.27. The largest absolute Gasteiger partial charge is 0.464 e. The molecule has 0 N–H and O–H groups in total. The van der Waals surface area contributed by atoms with Crippen molar-refractivity contribution in [2.45, 2.75) is 0 Å². The van der Waals surface area contributed by atoms with Crippen LogP contribution in [0.15, 0.2) is 252 Å². The second-order valence-electron chi connectivity index (χ2n) is 16.2. The molecule has 2 aromatic heterocycles. The van der Waals surface area contributed by atoms with E-state index in [4.69, 9.17) is 8.83 Å². The molecule has 0 amide bonds. The Morgan fingerprint density at radius 2 is 1.05 bits per heavy atom. The average molecular weight is 834 g/mol. The van der Waals surface area contributed by atoms with Crippen LogP contribution in [0.2, 0.25) is 0 Å². The summed E-state index contributed by atoms with van der Waals surface area (Å²) in [6, 6.07) is 71.1. The van der Waals surface area contributed by atoms with Gasteiger partial charge in [-0.15, -0.1) is 0 Å². The molecular formula is C62H43NO2. The number of hydrogen-bond donors (Lipinski definition) is 0. The van der Waals surface area contributed by atoms with Crippen LogP contribution in [0.4, 0.5) is 17.1 Å². The Hall–Kier alpha value is -8.66. The molecule has 0 aliphatic heterocycles. The van der Waals surface area contributed by atoms with Crippen LogP contribution in [0.1, 0.15) is 22.3 Å². The van der Waals surface area contributed by atoms with Crippen LogP contribution in [0.5, 0.6) is 0 Å².